The van der Waals surface area contributed by atoms with Crippen molar-refractivity contribution in [1.29, 1.82) is 0 Å². The summed E-state index contributed by atoms with van der Waals surface area (Å²) in [5, 5.41) is 5.01. The molecule has 84 valence electrons. The molecule has 2 aromatic rings. The second kappa shape index (κ2) is 4.69. The van der Waals surface area contributed by atoms with Crippen LogP contribution in [0.5, 0.6) is 0 Å². The number of hydrogen-bond acceptors (Lipinski definition) is 6. The van der Waals surface area contributed by atoms with E-state index in [1.54, 1.807) is 6.92 Å². The number of amides is 1. The van der Waals surface area contributed by atoms with Crippen molar-refractivity contribution in [2.75, 3.05) is 5.32 Å². The van der Waals surface area contributed by atoms with Gasteiger partial charge < -0.3 is 5.73 Å². The van der Waals surface area contributed by atoms with E-state index in [1.165, 1.54) is 11.3 Å². The number of nitrogens with two attached hydrogens (primary N) is 1. The number of aryl methyl sites for hydroxylation is 1. The lowest BCUT2D eigenvalue weighted by Gasteiger charge is -2.07. The van der Waals surface area contributed by atoms with Gasteiger partial charge in [-0.05, 0) is 18.4 Å². The molecular weight excluding hydrogens is 244 g/mol. The van der Waals surface area contributed by atoms with E-state index in [4.69, 9.17) is 5.73 Å². The average molecular weight is 254 g/mol. The lowest BCUT2D eigenvalue weighted by atomic mass is 10.2. The predicted molar refractivity (Wildman–Crippen MR) is 64.5 cm³/mol. The van der Waals surface area contributed by atoms with Crippen LogP contribution < -0.4 is 11.1 Å². The molecule has 0 saturated carbocycles. The van der Waals surface area contributed by atoms with Gasteiger partial charge in [0.2, 0.25) is 11.0 Å². The van der Waals surface area contributed by atoms with Crippen LogP contribution in [0.2, 0.25) is 0 Å². The first-order valence-electron chi connectivity index (χ1n) is 4.57. The van der Waals surface area contributed by atoms with Crippen LogP contribution in [0.1, 0.15) is 16.7 Å². The van der Waals surface area contributed by atoms with Crippen LogP contribution in [-0.2, 0) is 4.79 Å². The summed E-state index contributed by atoms with van der Waals surface area (Å²) in [6.07, 6.45) is 0. The smallest absolute Gasteiger partial charge is 0.248 e. The molecule has 16 heavy (non-hydrogen) atoms. The van der Waals surface area contributed by atoms with Gasteiger partial charge in [0.15, 0.2) is 0 Å². The van der Waals surface area contributed by atoms with Crippen LogP contribution in [0.15, 0.2) is 17.5 Å². The van der Waals surface area contributed by atoms with Crippen molar-refractivity contribution in [1.82, 2.24) is 9.36 Å². The van der Waals surface area contributed by atoms with Crippen LogP contribution in [0, 0.1) is 6.92 Å². The van der Waals surface area contributed by atoms with Gasteiger partial charge in [-0.2, -0.15) is 4.37 Å². The van der Waals surface area contributed by atoms with Gasteiger partial charge in [0.05, 0.1) is 0 Å². The van der Waals surface area contributed by atoms with Gasteiger partial charge in [-0.25, -0.2) is 4.98 Å². The monoisotopic (exact) mass is 254 g/mol. The van der Waals surface area contributed by atoms with E-state index >= 15 is 0 Å². The Hall–Kier alpha value is -1.31. The molecule has 0 aromatic carbocycles. The number of hydrogen-bond donors (Lipinski definition) is 2. The van der Waals surface area contributed by atoms with E-state index in [9.17, 15) is 4.79 Å². The summed E-state index contributed by atoms with van der Waals surface area (Å²) >= 11 is 2.60. The lowest BCUT2D eigenvalue weighted by Crippen LogP contribution is -2.26. The van der Waals surface area contributed by atoms with E-state index in [2.05, 4.69) is 14.7 Å². The number of nitrogens with zero attached hydrogens (tertiary/aromatic N) is 2. The third-order valence-corrected chi connectivity index (χ3v) is 3.57. The average Bonchev–Trinajstić information content (AvgIpc) is 2.88. The fourth-order valence-corrected chi connectivity index (χ4v) is 2.43. The summed E-state index contributed by atoms with van der Waals surface area (Å²) in [6, 6.07) is 3.05. The van der Waals surface area contributed by atoms with E-state index in [1.807, 2.05) is 17.5 Å². The normalized spacial score (nSPS) is 12.4. The van der Waals surface area contributed by atoms with Crippen LogP contribution in [0.3, 0.4) is 0 Å². The van der Waals surface area contributed by atoms with Crippen molar-refractivity contribution in [3.05, 3.63) is 28.2 Å². The molecule has 7 heteroatoms. The first kappa shape index (κ1) is 11.2. The maximum Gasteiger partial charge on any atom is 0.248 e. The van der Waals surface area contributed by atoms with Gasteiger partial charge in [-0.15, -0.1) is 11.3 Å². The highest BCUT2D eigenvalue weighted by atomic mass is 32.1. The Morgan fingerprint density at radius 3 is 3.00 bits per heavy atom. The highest BCUT2D eigenvalue weighted by Crippen LogP contribution is 2.19. The van der Waals surface area contributed by atoms with Gasteiger partial charge in [0.1, 0.15) is 11.9 Å². The number of nitrogens with one attached hydrogen (secondary N) is 1. The summed E-state index contributed by atoms with van der Waals surface area (Å²) < 4.78 is 3.97. The second-order valence-corrected chi connectivity index (χ2v) is 4.86. The van der Waals surface area contributed by atoms with E-state index in [-0.39, 0.29) is 5.91 Å². The number of anilines is 1. The van der Waals surface area contributed by atoms with Gasteiger partial charge in [0.25, 0.3) is 0 Å². The molecule has 1 atom stereocenters. The molecule has 0 radical (unpaired) electrons. The Morgan fingerprint density at radius 2 is 2.44 bits per heavy atom. The Balaban J connectivity index is 2.03. The molecule has 0 spiro atoms. The fourth-order valence-electron chi connectivity index (χ4n) is 1.13. The molecule has 0 saturated heterocycles. The molecule has 2 rings (SSSR count). The minimum Gasteiger partial charge on any atom is -0.316 e. The number of carbonyl (C=O) groups is 1. The Kier molecular flexibility index (Phi) is 3.28. The van der Waals surface area contributed by atoms with Gasteiger partial charge in [0, 0.05) is 16.4 Å². The number of carbonyl (C=O) groups excluding carboxylic acids is 1. The van der Waals surface area contributed by atoms with Crippen molar-refractivity contribution in [3.8, 4) is 0 Å². The summed E-state index contributed by atoms with van der Waals surface area (Å²) in [5.41, 5.74) is 5.79. The Labute approximate surface area is 100 Å². The molecular formula is C9H10N4OS2. The molecule has 0 aliphatic heterocycles. The van der Waals surface area contributed by atoms with Crippen LogP contribution in [0.4, 0.5) is 5.13 Å². The first-order chi connectivity index (χ1) is 7.66. The van der Waals surface area contributed by atoms with Crippen LogP contribution in [0.25, 0.3) is 0 Å². The zero-order chi connectivity index (χ0) is 11.5. The van der Waals surface area contributed by atoms with Gasteiger partial charge in [-0.3, -0.25) is 10.1 Å². The van der Waals surface area contributed by atoms with Crippen molar-refractivity contribution < 1.29 is 4.79 Å². The van der Waals surface area contributed by atoms with Crippen molar-refractivity contribution in [2.45, 2.75) is 13.0 Å². The fraction of sp³-hybridized carbons (Fsp3) is 0.222. The van der Waals surface area contributed by atoms with Gasteiger partial charge in [-0.1, -0.05) is 6.07 Å². The van der Waals surface area contributed by atoms with Crippen molar-refractivity contribution in [2.24, 2.45) is 5.73 Å². The van der Waals surface area contributed by atoms with Crippen molar-refractivity contribution >= 4 is 33.9 Å². The minimum atomic E-state index is -0.649. The molecule has 3 N–H and O–H groups in total. The maximum absolute atomic E-state index is 11.7. The molecule has 0 aliphatic rings. The lowest BCUT2D eigenvalue weighted by molar-refractivity contribution is -0.117. The summed E-state index contributed by atoms with van der Waals surface area (Å²) in [4.78, 5) is 16.6. The van der Waals surface area contributed by atoms with E-state index in [0.717, 1.165) is 16.4 Å². The van der Waals surface area contributed by atoms with Crippen LogP contribution >= 0.6 is 22.9 Å². The molecule has 1 amide bonds. The van der Waals surface area contributed by atoms with E-state index < -0.39 is 6.04 Å². The Bertz CT molecular complexity index is 479. The third kappa shape index (κ3) is 2.43. The minimum absolute atomic E-state index is 0.265. The van der Waals surface area contributed by atoms with Gasteiger partial charge >= 0.3 is 0 Å². The topological polar surface area (TPSA) is 80.9 Å². The predicted octanol–water partition coefficient (Wildman–Crippen LogP) is 1.55. The third-order valence-electron chi connectivity index (χ3n) is 1.89. The Morgan fingerprint density at radius 1 is 1.62 bits per heavy atom. The molecule has 0 bridgehead atoms. The first-order valence-corrected chi connectivity index (χ1v) is 6.22. The SMILES string of the molecule is Cc1nsc(NC(=O)C(N)c2cccs2)n1. The number of rotatable bonds is 3. The zero-order valence-electron chi connectivity index (χ0n) is 8.51. The zero-order valence-corrected chi connectivity index (χ0v) is 10.1. The molecule has 5 nitrogen and oxygen atoms in total. The number of thiophene rings is 1. The highest BCUT2D eigenvalue weighted by Gasteiger charge is 2.17. The number of aromatic nitrogens is 2. The highest BCUT2D eigenvalue weighted by molar-refractivity contribution is 7.10. The molecule has 0 aliphatic carbocycles. The quantitative estimate of drug-likeness (QED) is 0.870. The summed E-state index contributed by atoms with van der Waals surface area (Å²) in [5.74, 6) is 0.378. The summed E-state index contributed by atoms with van der Waals surface area (Å²) in [7, 11) is 0. The summed E-state index contributed by atoms with van der Waals surface area (Å²) in [6.45, 7) is 1.77. The molecule has 1 unspecified atom stereocenters. The molecule has 2 heterocycles. The standard InChI is InChI=1S/C9H10N4OS2/c1-5-11-9(16-13-5)12-8(14)7(10)6-3-2-4-15-6/h2-4,7H,10H2,1H3,(H,11,12,13,14). The molecule has 0 fully saturated rings. The maximum atomic E-state index is 11.7. The second-order valence-electron chi connectivity index (χ2n) is 3.13. The molecule has 2 aromatic heterocycles. The van der Waals surface area contributed by atoms with Crippen LogP contribution in [-0.4, -0.2) is 15.3 Å². The largest absolute Gasteiger partial charge is 0.316 e. The van der Waals surface area contributed by atoms with E-state index in [0.29, 0.717) is 11.0 Å². The van der Waals surface area contributed by atoms with Crippen molar-refractivity contribution in [3.63, 3.8) is 0 Å².